The van der Waals surface area contributed by atoms with E-state index in [9.17, 15) is 19.5 Å². The summed E-state index contributed by atoms with van der Waals surface area (Å²) in [6.45, 7) is 13.4. The van der Waals surface area contributed by atoms with Crippen molar-refractivity contribution in [2.45, 2.75) is 61.5 Å². The van der Waals surface area contributed by atoms with Gasteiger partial charge in [0, 0.05) is 50.6 Å². The Morgan fingerprint density at radius 2 is 2.00 bits per heavy atom. The lowest BCUT2D eigenvalue weighted by Gasteiger charge is -2.38. The molecule has 0 aromatic heterocycles. The van der Waals surface area contributed by atoms with Crippen LogP contribution in [0.25, 0.3) is 0 Å². The molecule has 4 saturated heterocycles. The molecule has 2 bridgehead atoms. The lowest BCUT2D eigenvalue weighted by atomic mass is 9.66. The number of amides is 2. The van der Waals surface area contributed by atoms with Crippen LogP contribution in [0.15, 0.2) is 12.7 Å². The number of nitrogens with zero attached hydrogens (tertiary/aromatic N) is 3. The van der Waals surface area contributed by atoms with Crippen LogP contribution in [0.4, 0.5) is 0 Å². The molecule has 0 aromatic rings. The summed E-state index contributed by atoms with van der Waals surface area (Å²) in [5, 5.41) is 9.22. The molecule has 208 valence electrons. The van der Waals surface area contributed by atoms with Gasteiger partial charge in [0.25, 0.3) is 0 Å². The van der Waals surface area contributed by atoms with Crippen molar-refractivity contribution in [2.75, 3.05) is 65.7 Å². The van der Waals surface area contributed by atoms with Gasteiger partial charge in [-0.15, -0.1) is 18.3 Å². The lowest BCUT2D eigenvalue weighted by Crippen LogP contribution is -2.56. The number of carbonyl (C=O) groups is 3. The molecule has 10 heteroatoms. The summed E-state index contributed by atoms with van der Waals surface area (Å²) in [7, 11) is 0. The van der Waals surface area contributed by atoms with Crippen molar-refractivity contribution in [1.82, 2.24) is 14.7 Å². The number of unbranched alkanes of at least 4 members (excludes halogenated alkanes) is 2. The minimum Gasteiger partial charge on any atom is -0.466 e. The minimum atomic E-state index is -0.629. The first kappa shape index (κ1) is 28.4. The van der Waals surface area contributed by atoms with E-state index >= 15 is 0 Å². The lowest BCUT2D eigenvalue weighted by molar-refractivity contribution is -0.155. The Bertz CT molecular complexity index is 867. The molecule has 0 radical (unpaired) electrons. The first-order valence-electron chi connectivity index (χ1n) is 13.8. The van der Waals surface area contributed by atoms with Crippen LogP contribution < -0.4 is 0 Å². The van der Waals surface area contributed by atoms with Gasteiger partial charge in [0.1, 0.15) is 6.04 Å². The molecule has 0 saturated carbocycles. The van der Waals surface area contributed by atoms with Crippen LogP contribution >= 0.6 is 11.8 Å². The van der Waals surface area contributed by atoms with Crippen molar-refractivity contribution in [3.8, 4) is 0 Å². The highest BCUT2D eigenvalue weighted by atomic mass is 32.2. The van der Waals surface area contributed by atoms with Gasteiger partial charge in [-0.2, -0.15) is 0 Å². The molecule has 4 aliphatic heterocycles. The van der Waals surface area contributed by atoms with Crippen LogP contribution in [0.1, 0.15) is 46.0 Å². The molecule has 2 amide bonds. The first-order valence-corrected chi connectivity index (χ1v) is 14.6. The number of likely N-dealkylation sites (tertiary alicyclic amines) is 1. The Kier molecular flexibility index (Phi) is 9.25. The van der Waals surface area contributed by atoms with Gasteiger partial charge in [-0.3, -0.25) is 19.3 Å². The minimum absolute atomic E-state index is 0.0487. The fourth-order valence-corrected chi connectivity index (χ4v) is 9.15. The van der Waals surface area contributed by atoms with Crippen LogP contribution in [0.2, 0.25) is 0 Å². The highest BCUT2D eigenvalue weighted by molar-refractivity contribution is 8.02. The van der Waals surface area contributed by atoms with E-state index in [0.29, 0.717) is 45.7 Å². The number of ether oxygens (including phenoxy) is 2. The predicted octanol–water partition coefficient (Wildman–Crippen LogP) is 1.54. The fraction of sp³-hybridized carbons (Fsp3) is 0.815. The van der Waals surface area contributed by atoms with E-state index in [4.69, 9.17) is 9.47 Å². The quantitative estimate of drug-likeness (QED) is 0.215. The number of esters is 1. The largest absolute Gasteiger partial charge is 0.466 e. The Morgan fingerprint density at radius 3 is 2.68 bits per heavy atom. The van der Waals surface area contributed by atoms with Crippen molar-refractivity contribution < 1.29 is 29.0 Å². The van der Waals surface area contributed by atoms with Gasteiger partial charge < -0.3 is 24.4 Å². The van der Waals surface area contributed by atoms with Crippen molar-refractivity contribution in [3.05, 3.63) is 12.7 Å². The van der Waals surface area contributed by atoms with Gasteiger partial charge in [-0.25, -0.2) is 0 Å². The molecule has 4 heterocycles. The number of aliphatic hydroxyl groups is 1. The zero-order valence-corrected chi connectivity index (χ0v) is 23.2. The third-order valence-corrected chi connectivity index (χ3v) is 10.5. The molecule has 5 atom stereocenters. The molecule has 4 rings (SSSR count). The zero-order chi connectivity index (χ0) is 26.6. The number of aliphatic hydroxyl groups excluding tert-OH is 1. The molecule has 0 aliphatic carbocycles. The summed E-state index contributed by atoms with van der Waals surface area (Å²) in [5.41, 5.74) is 0. The van der Waals surface area contributed by atoms with Crippen LogP contribution in [0.5, 0.6) is 0 Å². The third-order valence-electron chi connectivity index (χ3n) is 8.56. The normalized spacial score (nSPS) is 33.0. The Morgan fingerprint density at radius 1 is 1.24 bits per heavy atom. The third kappa shape index (κ3) is 5.31. The van der Waals surface area contributed by atoms with Crippen molar-refractivity contribution in [1.29, 1.82) is 0 Å². The summed E-state index contributed by atoms with van der Waals surface area (Å²) in [6.07, 6.45) is 5.41. The standard InChI is InChI=1S/C27H43N3O6S/c1-4-11-29(14-13-28-15-18-35-19-16-28)24(33)22-27-10-9-26(3,37-27)21(25(34)36-5-2)20(27)23(32)30(22)12-7-6-8-17-31/h4,20-22,31H,1,5-19H2,2-3H3/t20-,21-,22?,26+,27?/m0/s1. The highest BCUT2D eigenvalue weighted by Crippen LogP contribution is 2.71. The van der Waals surface area contributed by atoms with E-state index in [1.165, 1.54) is 0 Å². The van der Waals surface area contributed by atoms with E-state index in [-0.39, 0.29) is 31.0 Å². The zero-order valence-electron chi connectivity index (χ0n) is 22.4. The molecule has 4 aliphatic rings. The van der Waals surface area contributed by atoms with E-state index < -0.39 is 27.4 Å². The maximum Gasteiger partial charge on any atom is 0.311 e. The van der Waals surface area contributed by atoms with Crippen LogP contribution in [-0.4, -0.2) is 119 Å². The number of hydrogen-bond acceptors (Lipinski definition) is 8. The second-order valence-corrected chi connectivity index (χ2v) is 12.7. The van der Waals surface area contributed by atoms with E-state index in [1.54, 1.807) is 29.7 Å². The van der Waals surface area contributed by atoms with Crippen molar-refractivity contribution in [2.24, 2.45) is 11.8 Å². The summed E-state index contributed by atoms with van der Waals surface area (Å²) in [5.74, 6) is -1.55. The predicted molar refractivity (Wildman–Crippen MR) is 142 cm³/mol. The molecule has 9 nitrogen and oxygen atoms in total. The van der Waals surface area contributed by atoms with Gasteiger partial charge in [0.05, 0.1) is 36.4 Å². The average Bonchev–Trinajstić information content (AvgIpc) is 3.45. The van der Waals surface area contributed by atoms with Crippen molar-refractivity contribution >= 4 is 29.5 Å². The summed E-state index contributed by atoms with van der Waals surface area (Å²) in [6, 6.07) is -0.616. The number of fused-ring (bicyclic) bond motifs is 1. The Hall–Kier alpha value is -1.62. The van der Waals surface area contributed by atoms with Gasteiger partial charge in [0.15, 0.2) is 0 Å². The number of hydrogen-bond donors (Lipinski definition) is 1. The number of carbonyl (C=O) groups excluding carboxylic acids is 3. The summed E-state index contributed by atoms with van der Waals surface area (Å²) in [4.78, 5) is 47.5. The summed E-state index contributed by atoms with van der Waals surface area (Å²) < 4.78 is 9.88. The van der Waals surface area contributed by atoms with E-state index in [2.05, 4.69) is 18.4 Å². The Balaban J connectivity index is 1.62. The first-order chi connectivity index (χ1) is 17.8. The second kappa shape index (κ2) is 12.1. The smallest absolute Gasteiger partial charge is 0.311 e. The Labute approximate surface area is 224 Å². The second-order valence-electron chi connectivity index (χ2n) is 10.8. The average molecular weight is 538 g/mol. The SMILES string of the molecule is C=CCN(CCN1CCOCC1)C(=O)C1N(CCCCCO)C(=O)[C@@H]2[C@@H](C(=O)OCC)[C@@]3(C)CCC12S3. The molecular formula is C27H43N3O6S. The monoisotopic (exact) mass is 537 g/mol. The maximum atomic E-state index is 14.4. The van der Waals surface area contributed by atoms with Gasteiger partial charge in [-0.1, -0.05) is 6.08 Å². The molecule has 1 N–H and O–H groups in total. The van der Waals surface area contributed by atoms with Crippen LogP contribution in [0, 0.1) is 11.8 Å². The van der Waals surface area contributed by atoms with Crippen molar-refractivity contribution in [3.63, 3.8) is 0 Å². The molecule has 1 spiro atoms. The summed E-state index contributed by atoms with van der Waals surface area (Å²) >= 11 is 1.68. The van der Waals surface area contributed by atoms with Gasteiger partial charge >= 0.3 is 5.97 Å². The highest BCUT2D eigenvalue weighted by Gasteiger charge is 2.77. The number of thioether (sulfide) groups is 1. The molecule has 0 aromatic carbocycles. The fourth-order valence-electron chi connectivity index (χ4n) is 6.81. The molecule has 2 unspecified atom stereocenters. The van der Waals surface area contributed by atoms with Crippen LogP contribution in [-0.2, 0) is 23.9 Å². The van der Waals surface area contributed by atoms with E-state index in [0.717, 1.165) is 38.9 Å². The van der Waals surface area contributed by atoms with Gasteiger partial charge in [0.2, 0.25) is 11.8 Å². The van der Waals surface area contributed by atoms with E-state index in [1.807, 2.05) is 4.90 Å². The number of morpholine rings is 1. The molecule has 37 heavy (non-hydrogen) atoms. The maximum absolute atomic E-state index is 14.4. The molecule has 4 fully saturated rings. The van der Waals surface area contributed by atoms with Gasteiger partial charge in [-0.05, 0) is 46.0 Å². The number of rotatable bonds is 13. The van der Waals surface area contributed by atoms with Crippen LogP contribution in [0.3, 0.4) is 0 Å². The topological polar surface area (TPSA) is 99.6 Å². The molecular weight excluding hydrogens is 494 g/mol.